The van der Waals surface area contributed by atoms with Crippen LogP contribution < -0.4 is 5.32 Å². The number of hydrogen-bond acceptors (Lipinski definition) is 4. The van der Waals surface area contributed by atoms with Crippen molar-refractivity contribution in [3.05, 3.63) is 65.6 Å². The number of anilines is 1. The maximum absolute atomic E-state index is 13.0. The summed E-state index contributed by atoms with van der Waals surface area (Å²) in [6.45, 7) is 5.10. The van der Waals surface area contributed by atoms with Crippen LogP contribution in [0.2, 0.25) is 0 Å². The summed E-state index contributed by atoms with van der Waals surface area (Å²) in [5, 5.41) is 10.1. The summed E-state index contributed by atoms with van der Waals surface area (Å²) in [6, 6.07) is 11.3. The second kappa shape index (κ2) is 8.49. The van der Waals surface area contributed by atoms with Gasteiger partial charge in [-0.3, -0.25) is 19.7 Å². The second-order valence-corrected chi connectivity index (χ2v) is 7.78. The lowest BCUT2D eigenvalue weighted by atomic mass is 9.96. The first kappa shape index (κ1) is 19.8. The van der Waals surface area contributed by atoms with Crippen molar-refractivity contribution in [1.29, 1.82) is 0 Å². The quantitative estimate of drug-likeness (QED) is 0.697. The first-order valence-electron chi connectivity index (χ1n) is 10.1. The van der Waals surface area contributed by atoms with Gasteiger partial charge in [-0.1, -0.05) is 6.07 Å². The third-order valence-corrected chi connectivity index (χ3v) is 5.64. The number of nitrogens with one attached hydrogen (secondary N) is 2. The molecule has 7 nitrogen and oxygen atoms in total. The van der Waals surface area contributed by atoms with Crippen molar-refractivity contribution in [3.8, 4) is 11.3 Å². The van der Waals surface area contributed by atoms with Crippen LogP contribution in [-0.2, 0) is 4.79 Å². The predicted octanol–water partition coefficient (Wildman–Crippen LogP) is 3.58. The van der Waals surface area contributed by atoms with Crippen LogP contribution in [-0.4, -0.2) is 45.0 Å². The molecule has 7 heteroatoms. The van der Waals surface area contributed by atoms with Crippen molar-refractivity contribution < 1.29 is 9.59 Å². The zero-order valence-electron chi connectivity index (χ0n) is 17.2. The van der Waals surface area contributed by atoms with E-state index in [0.717, 1.165) is 29.7 Å². The molecule has 0 saturated carbocycles. The molecule has 3 heterocycles. The lowest BCUT2D eigenvalue weighted by Gasteiger charge is -2.31. The van der Waals surface area contributed by atoms with Gasteiger partial charge in [-0.2, -0.15) is 5.10 Å². The molecule has 154 valence electrons. The highest BCUT2D eigenvalue weighted by atomic mass is 16.2. The van der Waals surface area contributed by atoms with Gasteiger partial charge in [0.25, 0.3) is 5.91 Å². The van der Waals surface area contributed by atoms with E-state index in [4.69, 9.17) is 0 Å². The van der Waals surface area contributed by atoms with E-state index >= 15 is 0 Å². The molecule has 0 spiro atoms. The van der Waals surface area contributed by atoms with Gasteiger partial charge < -0.3 is 10.2 Å². The number of aromatic nitrogens is 3. The fourth-order valence-electron chi connectivity index (χ4n) is 3.71. The van der Waals surface area contributed by atoms with Crippen molar-refractivity contribution in [1.82, 2.24) is 20.1 Å². The molecule has 2 aromatic heterocycles. The Balaban J connectivity index is 1.42. The molecule has 1 saturated heterocycles. The number of pyridine rings is 1. The minimum Gasteiger partial charge on any atom is -0.337 e. The van der Waals surface area contributed by atoms with Crippen molar-refractivity contribution >= 4 is 17.5 Å². The lowest BCUT2D eigenvalue weighted by Crippen LogP contribution is -2.43. The molecule has 0 unspecified atom stereocenters. The van der Waals surface area contributed by atoms with Gasteiger partial charge in [0.15, 0.2) is 0 Å². The molecule has 1 aromatic carbocycles. The topological polar surface area (TPSA) is 91.0 Å². The van der Waals surface area contributed by atoms with Gasteiger partial charge in [-0.15, -0.1) is 0 Å². The number of carbonyl (C=O) groups is 2. The van der Waals surface area contributed by atoms with E-state index in [0.29, 0.717) is 24.5 Å². The molecule has 4 rings (SSSR count). The molecular formula is C23H25N5O2. The number of aromatic amines is 1. The van der Waals surface area contributed by atoms with Gasteiger partial charge in [0, 0.05) is 36.7 Å². The standard InChI is InChI=1S/C23H25N5O2/c1-15-5-6-19(12-16(15)2)25-22(29)18-4-3-11-28(14-18)23(30)21-13-20(26-27-21)17-7-9-24-10-8-17/h5-10,12-13,18H,3-4,11,14H2,1-2H3,(H,25,29)(H,26,27)/t18-/m0/s1. The molecule has 30 heavy (non-hydrogen) atoms. The minimum atomic E-state index is -0.230. The smallest absolute Gasteiger partial charge is 0.271 e. The molecule has 0 aliphatic carbocycles. The number of H-pyrrole nitrogens is 1. The summed E-state index contributed by atoms with van der Waals surface area (Å²) < 4.78 is 0. The zero-order valence-corrected chi connectivity index (χ0v) is 17.2. The van der Waals surface area contributed by atoms with Crippen LogP contribution in [0, 0.1) is 19.8 Å². The largest absolute Gasteiger partial charge is 0.337 e. The molecule has 1 fully saturated rings. The van der Waals surface area contributed by atoms with E-state index in [-0.39, 0.29) is 17.7 Å². The number of aryl methyl sites for hydroxylation is 2. The molecule has 0 bridgehead atoms. The van der Waals surface area contributed by atoms with E-state index in [1.165, 1.54) is 5.56 Å². The van der Waals surface area contributed by atoms with E-state index in [2.05, 4.69) is 20.5 Å². The maximum atomic E-state index is 13.0. The van der Waals surface area contributed by atoms with Crippen molar-refractivity contribution in [2.24, 2.45) is 5.92 Å². The SMILES string of the molecule is Cc1ccc(NC(=O)[C@H]2CCCN(C(=O)c3cc(-c4ccncc4)n[nH]3)C2)cc1C. The number of likely N-dealkylation sites (tertiary alicyclic amines) is 1. The molecule has 3 aromatic rings. The van der Waals surface area contributed by atoms with Gasteiger partial charge >= 0.3 is 0 Å². The Bertz CT molecular complexity index is 1060. The molecule has 2 amide bonds. The number of amides is 2. The summed E-state index contributed by atoms with van der Waals surface area (Å²) in [5.74, 6) is -0.406. The third kappa shape index (κ3) is 4.25. The van der Waals surface area contributed by atoms with Crippen LogP contribution in [0.4, 0.5) is 5.69 Å². The van der Waals surface area contributed by atoms with E-state index < -0.39 is 0 Å². The first-order chi connectivity index (χ1) is 14.5. The van der Waals surface area contributed by atoms with Gasteiger partial charge in [0.1, 0.15) is 5.69 Å². The highest BCUT2D eigenvalue weighted by molar-refractivity contribution is 5.96. The Hall–Kier alpha value is -3.48. The van der Waals surface area contributed by atoms with Crippen molar-refractivity contribution in [3.63, 3.8) is 0 Å². The highest BCUT2D eigenvalue weighted by Gasteiger charge is 2.29. The molecule has 0 radical (unpaired) electrons. The average molecular weight is 403 g/mol. The Labute approximate surface area is 175 Å². The van der Waals surface area contributed by atoms with Gasteiger partial charge in [-0.05, 0) is 68.1 Å². The van der Waals surface area contributed by atoms with Gasteiger partial charge in [0.05, 0.1) is 11.6 Å². The highest BCUT2D eigenvalue weighted by Crippen LogP contribution is 2.23. The monoisotopic (exact) mass is 403 g/mol. The molecule has 1 aliphatic heterocycles. The Morgan fingerprint density at radius 1 is 1.10 bits per heavy atom. The number of piperidine rings is 1. The fraction of sp³-hybridized carbons (Fsp3) is 0.304. The van der Waals surface area contributed by atoms with Crippen LogP contribution in [0.5, 0.6) is 0 Å². The normalized spacial score (nSPS) is 16.3. The summed E-state index contributed by atoms with van der Waals surface area (Å²) >= 11 is 0. The van der Waals surface area contributed by atoms with Crippen LogP contribution in [0.25, 0.3) is 11.3 Å². The van der Waals surface area contributed by atoms with Crippen LogP contribution in [0.3, 0.4) is 0 Å². The summed E-state index contributed by atoms with van der Waals surface area (Å²) in [5.41, 5.74) is 5.14. The van der Waals surface area contributed by atoms with Crippen LogP contribution in [0.1, 0.15) is 34.5 Å². The number of nitrogens with zero attached hydrogens (tertiary/aromatic N) is 3. The van der Waals surface area contributed by atoms with E-state index in [9.17, 15) is 9.59 Å². The minimum absolute atomic E-state index is 0.0437. The Morgan fingerprint density at radius 2 is 1.90 bits per heavy atom. The molecular weight excluding hydrogens is 378 g/mol. The predicted molar refractivity (Wildman–Crippen MR) is 115 cm³/mol. The Morgan fingerprint density at radius 3 is 2.67 bits per heavy atom. The summed E-state index contributed by atoms with van der Waals surface area (Å²) in [6.07, 6.45) is 4.94. The van der Waals surface area contributed by atoms with Crippen LogP contribution in [0.15, 0.2) is 48.8 Å². The number of hydrogen-bond donors (Lipinski definition) is 2. The average Bonchev–Trinajstić information content (AvgIpc) is 3.27. The molecule has 2 N–H and O–H groups in total. The van der Waals surface area contributed by atoms with Crippen molar-refractivity contribution in [2.75, 3.05) is 18.4 Å². The zero-order chi connectivity index (χ0) is 21.1. The molecule has 1 aliphatic rings. The molecule has 1 atom stereocenters. The van der Waals surface area contributed by atoms with Crippen molar-refractivity contribution in [2.45, 2.75) is 26.7 Å². The lowest BCUT2D eigenvalue weighted by molar-refractivity contribution is -0.121. The number of benzene rings is 1. The van der Waals surface area contributed by atoms with Gasteiger partial charge in [0.2, 0.25) is 5.91 Å². The fourth-order valence-corrected chi connectivity index (χ4v) is 3.71. The summed E-state index contributed by atoms with van der Waals surface area (Å²) in [4.78, 5) is 31.5. The van der Waals surface area contributed by atoms with Crippen LogP contribution >= 0.6 is 0 Å². The van der Waals surface area contributed by atoms with Gasteiger partial charge in [-0.25, -0.2) is 0 Å². The first-order valence-corrected chi connectivity index (χ1v) is 10.1. The third-order valence-electron chi connectivity index (χ3n) is 5.64. The maximum Gasteiger partial charge on any atom is 0.271 e. The van der Waals surface area contributed by atoms with E-state index in [1.807, 2.05) is 44.2 Å². The number of rotatable bonds is 4. The number of carbonyl (C=O) groups excluding carboxylic acids is 2. The second-order valence-electron chi connectivity index (χ2n) is 7.78. The summed E-state index contributed by atoms with van der Waals surface area (Å²) in [7, 11) is 0. The van der Waals surface area contributed by atoms with E-state index in [1.54, 1.807) is 23.4 Å². The Kier molecular flexibility index (Phi) is 5.61.